The van der Waals surface area contributed by atoms with Crippen LogP contribution in [-0.2, 0) is 16.4 Å². The number of rotatable bonds is 5. The summed E-state index contributed by atoms with van der Waals surface area (Å²) in [6, 6.07) is 7.75. The van der Waals surface area contributed by atoms with E-state index < -0.39 is 10.0 Å². The Morgan fingerprint density at radius 2 is 1.95 bits per heavy atom. The van der Waals surface area contributed by atoms with Crippen LogP contribution in [0, 0.1) is 5.41 Å². The topological polar surface area (TPSA) is 74.8 Å². The number of hydrogen-bond donors (Lipinski definition) is 2. The number of aromatic nitrogens is 2. The summed E-state index contributed by atoms with van der Waals surface area (Å²) in [5.41, 5.74) is 1.63. The van der Waals surface area contributed by atoms with Crippen LogP contribution < -0.4 is 4.72 Å². The number of nitrogens with one attached hydrogen (secondary N) is 2. The molecule has 0 fully saturated rings. The fourth-order valence-corrected chi connectivity index (χ4v) is 3.73. The minimum atomic E-state index is -3.23. The molecule has 20 heavy (non-hydrogen) atoms. The van der Waals surface area contributed by atoms with Gasteiger partial charge in [0.15, 0.2) is 0 Å². The van der Waals surface area contributed by atoms with Crippen molar-refractivity contribution >= 4 is 21.1 Å². The molecule has 2 rings (SSSR count). The first-order chi connectivity index (χ1) is 9.25. The fraction of sp³-hybridized carbons (Fsp3) is 0.500. The first-order valence-corrected chi connectivity index (χ1v) is 8.31. The second-order valence-corrected chi connectivity index (χ2v) is 7.97. The Bertz CT molecular complexity index is 651. The zero-order chi connectivity index (χ0) is 14.8. The van der Waals surface area contributed by atoms with Gasteiger partial charge in [-0.25, -0.2) is 18.1 Å². The normalized spacial score (nSPS) is 12.9. The van der Waals surface area contributed by atoms with Crippen molar-refractivity contribution in [1.82, 2.24) is 14.7 Å². The zero-order valence-corrected chi connectivity index (χ0v) is 12.9. The fourth-order valence-electron chi connectivity index (χ4n) is 2.07. The Hall–Kier alpha value is -1.40. The molecule has 0 aliphatic carbocycles. The van der Waals surface area contributed by atoms with E-state index in [9.17, 15) is 8.42 Å². The first kappa shape index (κ1) is 15.0. The van der Waals surface area contributed by atoms with Crippen LogP contribution in [0.1, 0.15) is 26.6 Å². The van der Waals surface area contributed by atoms with E-state index in [1.165, 1.54) is 0 Å². The van der Waals surface area contributed by atoms with Gasteiger partial charge in [-0.2, -0.15) is 0 Å². The van der Waals surface area contributed by atoms with Crippen molar-refractivity contribution in [3.63, 3.8) is 0 Å². The molecule has 1 aromatic carbocycles. The molecule has 5 nitrogen and oxygen atoms in total. The van der Waals surface area contributed by atoms with Crippen LogP contribution in [0.25, 0.3) is 11.0 Å². The van der Waals surface area contributed by atoms with Gasteiger partial charge in [0.05, 0.1) is 16.8 Å². The summed E-state index contributed by atoms with van der Waals surface area (Å²) in [6.07, 6.45) is 0.554. The van der Waals surface area contributed by atoms with Gasteiger partial charge in [0.1, 0.15) is 5.82 Å². The van der Waals surface area contributed by atoms with Crippen molar-refractivity contribution in [2.75, 3.05) is 12.3 Å². The Morgan fingerprint density at radius 3 is 2.60 bits per heavy atom. The molecule has 2 aromatic rings. The number of benzene rings is 1. The van der Waals surface area contributed by atoms with E-state index in [0.717, 1.165) is 16.9 Å². The maximum absolute atomic E-state index is 11.9. The van der Waals surface area contributed by atoms with Crippen LogP contribution in [0.15, 0.2) is 24.3 Å². The van der Waals surface area contributed by atoms with Gasteiger partial charge in [-0.05, 0) is 17.5 Å². The third-order valence-electron chi connectivity index (χ3n) is 2.75. The third kappa shape index (κ3) is 4.31. The van der Waals surface area contributed by atoms with Crippen molar-refractivity contribution in [3.8, 4) is 0 Å². The second-order valence-electron chi connectivity index (χ2n) is 6.16. The van der Waals surface area contributed by atoms with E-state index in [4.69, 9.17) is 0 Å². The summed E-state index contributed by atoms with van der Waals surface area (Å²) in [7, 11) is -3.23. The van der Waals surface area contributed by atoms with Gasteiger partial charge in [0.25, 0.3) is 0 Å². The van der Waals surface area contributed by atoms with Crippen LogP contribution in [0.4, 0.5) is 0 Å². The average molecular weight is 295 g/mol. The molecule has 1 heterocycles. The monoisotopic (exact) mass is 295 g/mol. The van der Waals surface area contributed by atoms with E-state index in [1.54, 1.807) is 0 Å². The minimum absolute atomic E-state index is 0.125. The molecule has 110 valence electrons. The Morgan fingerprint density at radius 1 is 1.25 bits per heavy atom. The van der Waals surface area contributed by atoms with E-state index in [1.807, 2.05) is 45.0 Å². The van der Waals surface area contributed by atoms with Crippen molar-refractivity contribution in [2.45, 2.75) is 27.2 Å². The molecule has 0 spiro atoms. The highest BCUT2D eigenvalue weighted by molar-refractivity contribution is 7.89. The zero-order valence-electron chi connectivity index (χ0n) is 12.1. The van der Waals surface area contributed by atoms with Crippen LogP contribution in [0.2, 0.25) is 0 Å². The van der Waals surface area contributed by atoms with E-state index in [2.05, 4.69) is 14.7 Å². The Balaban J connectivity index is 1.93. The van der Waals surface area contributed by atoms with Crippen molar-refractivity contribution in [3.05, 3.63) is 30.1 Å². The summed E-state index contributed by atoms with van der Waals surface area (Å²) >= 11 is 0. The summed E-state index contributed by atoms with van der Waals surface area (Å²) in [5, 5.41) is 0. The first-order valence-electron chi connectivity index (χ1n) is 6.66. The molecule has 0 saturated carbocycles. The molecule has 0 saturated heterocycles. The number of aromatic amines is 1. The molecule has 0 aliphatic rings. The number of sulfonamides is 1. The predicted molar refractivity (Wildman–Crippen MR) is 81.0 cm³/mol. The predicted octanol–water partition coefficient (Wildman–Crippen LogP) is 2.07. The lowest BCUT2D eigenvalue weighted by Gasteiger charge is -2.18. The smallest absolute Gasteiger partial charge is 0.212 e. The number of imidazole rings is 1. The van der Waals surface area contributed by atoms with E-state index in [-0.39, 0.29) is 11.2 Å². The van der Waals surface area contributed by atoms with Crippen LogP contribution in [-0.4, -0.2) is 30.7 Å². The summed E-state index contributed by atoms with van der Waals surface area (Å²) in [6.45, 7) is 6.08. The molecule has 0 amide bonds. The van der Waals surface area contributed by atoms with E-state index in [0.29, 0.717) is 13.0 Å². The van der Waals surface area contributed by atoms with Crippen molar-refractivity contribution in [2.24, 2.45) is 5.41 Å². The van der Waals surface area contributed by atoms with Crippen molar-refractivity contribution in [1.29, 1.82) is 0 Å². The summed E-state index contributed by atoms with van der Waals surface area (Å²) in [5.74, 6) is 0.921. The molecule has 0 bridgehead atoms. The number of fused-ring (bicyclic) bond motifs is 1. The second kappa shape index (κ2) is 5.54. The van der Waals surface area contributed by atoms with Gasteiger partial charge in [0, 0.05) is 13.0 Å². The lowest BCUT2D eigenvalue weighted by molar-refractivity contribution is 0.458. The highest BCUT2D eigenvalue weighted by Crippen LogP contribution is 2.15. The van der Waals surface area contributed by atoms with E-state index >= 15 is 0 Å². The number of H-pyrrole nitrogens is 1. The van der Waals surface area contributed by atoms with Gasteiger partial charge in [-0.1, -0.05) is 32.9 Å². The van der Waals surface area contributed by atoms with Gasteiger partial charge >= 0.3 is 0 Å². The lowest BCUT2D eigenvalue weighted by atomic mass is 10.0. The molecule has 1 aromatic heterocycles. The number of para-hydroxylation sites is 2. The largest absolute Gasteiger partial charge is 0.342 e. The average Bonchev–Trinajstić information content (AvgIpc) is 2.67. The molecule has 6 heteroatoms. The number of nitrogens with zero attached hydrogens (tertiary/aromatic N) is 1. The lowest BCUT2D eigenvalue weighted by Crippen LogP contribution is -2.33. The molecule has 0 aliphatic heterocycles. The van der Waals surface area contributed by atoms with Gasteiger partial charge in [-0.3, -0.25) is 0 Å². The quantitative estimate of drug-likeness (QED) is 0.886. The third-order valence-corrected chi connectivity index (χ3v) is 4.64. The highest BCUT2D eigenvalue weighted by Gasteiger charge is 2.20. The van der Waals surface area contributed by atoms with Gasteiger partial charge < -0.3 is 4.98 Å². The maximum Gasteiger partial charge on any atom is 0.212 e. The summed E-state index contributed by atoms with van der Waals surface area (Å²) in [4.78, 5) is 7.60. The van der Waals surface area contributed by atoms with Crippen LogP contribution in [0.3, 0.4) is 0 Å². The van der Waals surface area contributed by atoms with Gasteiger partial charge in [0.2, 0.25) is 10.0 Å². The van der Waals surface area contributed by atoms with Crippen LogP contribution in [0.5, 0.6) is 0 Å². The molecular weight excluding hydrogens is 274 g/mol. The molecule has 0 unspecified atom stereocenters. The maximum atomic E-state index is 11.9. The molecule has 2 N–H and O–H groups in total. The molecule has 0 radical (unpaired) electrons. The summed E-state index contributed by atoms with van der Waals surface area (Å²) < 4.78 is 26.4. The van der Waals surface area contributed by atoms with Gasteiger partial charge in [-0.15, -0.1) is 0 Å². The highest BCUT2D eigenvalue weighted by atomic mass is 32.2. The molecular formula is C14H21N3O2S. The van der Waals surface area contributed by atoms with Crippen LogP contribution >= 0.6 is 0 Å². The minimum Gasteiger partial charge on any atom is -0.342 e. The number of hydrogen-bond acceptors (Lipinski definition) is 3. The standard InChI is InChI=1S/C14H21N3O2S/c1-14(2,3)10-20(18,19)15-9-8-13-16-11-6-4-5-7-12(11)17-13/h4-7,15H,8-10H2,1-3H3,(H,16,17). The Kier molecular flexibility index (Phi) is 4.15. The Labute approximate surface area is 119 Å². The SMILES string of the molecule is CC(C)(C)CS(=O)(=O)NCCc1nc2ccccc2[nH]1. The van der Waals surface area contributed by atoms with Crippen molar-refractivity contribution < 1.29 is 8.42 Å². The molecule has 0 atom stereocenters.